The van der Waals surface area contributed by atoms with Gasteiger partial charge in [0.1, 0.15) is 0 Å². The molecular weight excluding hydrogens is 706 g/mol. The number of esters is 1. The first-order valence-corrected chi connectivity index (χ1v) is 15.4. The number of hydrogen-bond acceptors (Lipinski definition) is 7. The van der Waals surface area contributed by atoms with Crippen molar-refractivity contribution in [2.24, 2.45) is 5.10 Å². The second kappa shape index (κ2) is 16.4. The molecule has 0 aliphatic heterocycles. The number of nitrogens with one attached hydrogen (secondary N) is 2. The highest BCUT2D eigenvalue weighted by molar-refractivity contribution is 9.11. The van der Waals surface area contributed by atoms with E-state index in [2.05, 4.69) is 47.7 Å². The van der Waals surface area contributed by atoms with E-state index in [0.717, 1.165) is 5.56 Å². The molecule has 0 aliphatic carbocycles. The van der Waals surface area contributed by atoms with E-state index in [1.54, 1.807) is 54.6 Å². The molecule has 4 aromatic rings. The largest absolute Gasteiger partial charge is 0.490 e. The van der Waals surface area contributed by atoms with Crippen molar-refractivity contribution in [1.29, 1.82) is 0 Å². The van der Waals surface area contributed by atoms with E-state index in [-0.39, 0.29) is 17.2 Å². The topological polar surface area (TPSA) is 115 Å². The molecule has 0 spiro atoms. The Balaban J connectivity index is 1.43. The van der Waals surface area contributed by atoms with Crippen molar-refractivity contribution in [2.75, 3.05) is 18.5 Å². The van der Waals surface area contributed by atoms with Crippen LogP contribution in [0.4, 0.5) is 5.69 Å². The Bertz CT molecular complexity index is 1740. The Hall–Kier alpha value is -4.74. The van der Waals surface area contributed by atoms with Crippen LogP contribution in [-0.4, -0.2) is 37.2 Å². The lowest BCUT2D eigenvalue weighted by atomic mass is 10.1. The molecule has 0 heterocycles. The van der Waals surface area contributed by atoms with Crippen molar-refractivity contribution in [1.82, 2.24) is 5.43 Å². The van der Waals surface area contributed by atoms with E-state index in [4.69, 9.17) is 14.2 Å². The number of anilines is 1. The monoisotopic (exact) mass is 733 g/mol. The summed E-state index contributed by atoms with van der Waals surface area (Å²) in [5, 5.41) is 6.86. The summed E-state index contributed by atoms with van der Waals surface area (Å²) >= 11 is 6.84. The predicted octanol–water partition coefficient (Wildman–Crippen LogP) is 7.64. The maximum absolute atomic E-state index is 12.9. The molecule has 2 N–H and O–H groups in total. The van der Waals surface area contributed by atoms with Crippen LogP contribution in [0.1, 0.15) is 45.7 Å². The van der Waals surface area contributed by atoms with Crippen LogP contribution in [0.3, 0.4) is 0 Å². The third-order valence-electron chi connectivity index (χ3n) is 6.01. The van der Waals surface area contributed by atoms with E-state index in [1.165, 1.54) is 18.4 Å². The number of carbonyl (C=O) groups is 3. The molecule has 0 aromatic heterocycles. The van der Waals surface area contributed by atoms with E-state index >= 15 is 0 Å². The molecule has 45 heavy (non-hydrogen) atoms. The second-order valence-corrected chi connectivity index (χ2v) is 11.0. The highest BCUT2D eigenvalue weighted by Gasteiger charge is 2.15. The average molecular weight is 735 g/mol. The summed E-state index contributed by atoms with van der Waals surface area (Å²) in [6.07, 6.45) is 4.34. The Labute approximate surface area is 277 Å². The maximum atomic E-state index is 12.9. The van der Waals surface area contributed by atoms with Crippen LogP contribution >= 0.6 is 31.9 Å². The van der Waals surface area contributed by atoms with Crippen LogP contribution in [0.2, 0.25) is 0 Å². The summed E-state index contributed by atoms with van der Waals surface area (Å²) in [5.41, 5.74) is 4.80. The molecule has 4 rings (SSSR count). The lowest BCUT2D eigenvalue weighted by Gasteiger charge is -2.13. The average Bonchev–Trinajstić information content (AvgIpc) is 3.03. The second-order valence-electron chi connectivity index (χ2n) is 9.23. The molecule has 0 saturated heterocycles. The number of hydrogen-bond donors (Lipinski definition) is 2. The lowest BCUT2D eigenvalue weighted by molar-refractivity contribution is -0.128. The number of halogens is 2. The molecule has 0 bridgehead atoms. The maximum Gasteiger partial charge on any atom is 0.336 e. The zero-order chi connectivity index (χ0) is 32.2. The fourth-order valence-corrected chi connectivity index (χ4v) is 5.34. The zero-order valence-electron chi connectivity index (χ0n) is 24.4. The fraction of sp³-hybridized carbons (Fsp3) is 0.118. The number of carbonyl (C=O) groups excluding carboxylic acids is 3. The van der Waals surface area contributed by atoms with Gasteiger partial charge in [-0.2, -0.15) is 5.10 Å². The van der Waals surface area contributed by atoms with Gasteiger partial charge >= 0.3 is 5.97 Å². The van der Waals surface area contributed by atoms with Gasteiger partial charge in [0.2, 0.25) is 0 Å². The molecule has 0 aliphatic rings. The normalized spacial score (nSPS) is 10.9. The van der Waals surface area contributed by atoms with Gasteiger partial charge in [-0.1, -0.05) is 52.3 Å². The van der Waals surface area contributed by atoms with Crippen LogP contribution in [0, 0.1) is 0 Å². The molecular formula is C34H29Br2N3O6. The predicted molar refractivity (Wildman–Crippen MR) is 181 cm³/mol. The van der Waals surface area contributed by atoms with Crippen LogP contribution in [0.5, 0.6) is 17.2 Å². The smallest absolute Gasteiger partial charge is 0.336 e. The third-order valence-corrected chi connectivity index (χ3v) is 7.06. The first kappa shape index (κ1) is 33.2. The van der Waals surface area contributed by atoms with Crippen LogP contribution in [0.15, 0.2) is 105 Å². The van der Waals surface area contributed by atoms with Crippen molar-refractivity contribution in [3.8, 4) is 17.2 Å². The molecule has 11 heteroatoms. The third kappa shape index (κ3) is 9.62. The molecule has 0 radical (unpaired) electrons. The lowest BCUT2D eigenvalue weighted by Crippen LogP contribution is -2.18. The Morgan fingerprint density at radius 2 is 1.53 bits per heavy atom. The summed E-state index contributed by atoms with van der Waals surface area (Å²) in [4.78, 5) is 38.4. The number of hydrazone groups is 1. The van der Waals surface area contributed by atoms with E-state index in [0.29, 0.717) is 50.5 Å². The van der Waals surface area contributed by atoms with Gasteiger partial charge in [0, 0.05) is 32.9 Å². The molecule has 230 valence electrons. The van der Waals surface area contributed by atoms with E-state index in [1.807, 2.05) is 44.2 Å². The van der Waals surface area contributed by atoms with Gasteiger partial charge in [0.15, 0.2) is 17.2 Å². The van der Waals surface area contributed by atoms with Crippen molar-refractivity contribution in [3.05, 3.63) is 122 Å². The highest BCUT2D eigenvalue weighted by atomic mass is 79.9. The number of amides is 2. The zero-order valence-corrected chi connectivity index (χ0v) is 27.6. The first-order chi connectivity index (χ1) is 21.8. The molecule has 0 saturated carbocycles. The van der Waals surface area contributed by atoms with Crippen molar-refractivity contribution in [3.63, 3.8) is 0 Å². The van der Waals surface area contributed by atoms with Gasteiger partial charge < -0.3 is 19.5 Å². The number of benzene rings is 4. The number of ether oxygens (including phenoxy) is 3. The van der Waals surface area contributed by atoms with Gasteiger partial charge in [0.25, 0.3) is 11.8 Å². The Morgan fingerprint density at radius 1 is 0.800 bits per heavy atom. The molecule has 0 unspecified atom stereocenters. The Morgan fingerprint density at radius 3 is 2.29 bits per heavy atom. The summed E-state index contributed by atoms with van der Waals surface area (Å²) < 4.78 is 18.0. The van der Waals surface area contributed by atoms with Gasteiger partial charge in [-0.25, -0.2) is 10.2 Å². The number of rotatable bonds is 12. The van der Waals surface area contributed by atoms with Crippen molar-refractivity contribution >= 4 is 67.6 Å². The van der Waals surface area contributed by atoms with Gasteiger partial charge in [-0.3, -0.25) is 9.59 Å². The molecule has 0 atom stereocenters. The molecule has 2 amide bonds. The highest BCUT2D eigenvalue weighted by Crippen LogP contribution is 2.32. The van der Waals surface area contributed by atoms with Crippen molar-refractivity contribution in [2.45, 2.75) is 13.8 Å². The molecule has 9 nitrogen and oxygen atoms in total. The quantitative estimate of drug-likeness (QED) is 0.0508. The van der Waals surface area contributed by atoms with Crippen molar-refractivity contribution < 1.29 is 28.6 Å². The van der Waals surface area contributed by atoms with Gasteiger partial charge in [-0.05, 0) is 89.9 Å². The van der Waals surface area contributed by atoms with Gasteiger partial charge in [0.05, 0.1) is 23.9 Å². The Kier molecular flexibility index (Phi) is 12.1. The van der Waals surface area contributed by atoms with E-state index in [9.17, 15) is 14.4 Å². The van der Waals surface area contributed by atoms with E-state index < -0.39 is 11.9 Å². The summed E-state index contributed by atoms with van der Waals surface area (Å²) in [5.74, 6) is -0.229. The molecule has 4 aromatic carbocycles. The summed E-state index contributed by atoms with van der Waals surface area (Å²) in [7, 11) is 0. The number of nitrogens with zero attached hydrogens (tertiary/aromatic N) is 1. The standard InChI is InChI=1S/C34H29Br2N3O6/c1-3-43-29-15-14-24(19-30(29)44-4-2)33(41)38-27-12-8-11-23(18-27)34(42)39-37-21-25-17-26(35)20-28(36)32(25)45-31(40)16-13-22-9-6-5-7-10-22/h5-21H,3-4H2,1-2H3,(H,38,41)(H,39,42)/b16-13+,37-21?. The molecule has 0 fully saturated rings. The van der Waals surface area contributed by atoms with Crippen LogP contribution in [-0.2, 0) is 4.79 Å². The fourth-order valence-electron chi connectivity index (χ4n) is 4.01. The first-order valence-electron chi connectivity index (χ1n) is 13.9. The minimum absolute atomic E-state index is 0.227. The van der Waals surface area contributed by atoms with Crippen LogP contribution in [0.25, 0.3) is 6.08 Å². The summed E-state index contributed by atoms with van der Waals surface area (Å²) in [6.45, 7) is 4.60. The minimum Gasteiger partial charge on any atom is -0.490 e. The SMILES string of the molecule is CCOc1ccc(C(=O)Nc2cccc(C(=O)NN=Cc3cc(Br)cc(Br)c3OC(=O)/C=C/c3ccccc3)c2)cc1OCC. The summed E-state index contributed by atoms with van der Waals surface area (Å²) in [6, 6.07) is 24.1. The minimum atomic E-state index is -0.584. The van der Waals surface area contributed by atoms with Crippen LogP contribution < -0.4 is 25.0 Å². The van der Waals surface area contributed by atoms with Gasteiger partial charge in [-0.15, -0.1) is 0 Å².